The van der Waals surface area contributed by atoms with E-state index in [1.807, 2.05) is 26.2 Å². The van der Waals surface area contributed by atoms with E-state index in [4.69, 9.17) is 17.3 Å². The van der Waals surface area contributed by atoms with Gasteiger partial charge in [-0.2, -0.15) is 0 Å². The summed E-state index contributed by atoms with van der Waals surface area (Å²) in [5.74, 6) is -0.123. The van der Waals surface area contributed by atoms with Crippen molar-refractivity contribution in [3.8, 4) is 0 Å². The molecule has 17 heavy (non-hydrogen) atoms. The predicted octanol–water partition coefficient (Wildman–Crippen LogP) is 2.96. The Bertz CT molecular complexity index is 391. The number of rotatable bonds is 5. The van der Waals surface area contributed by atoms with E-state index in [1.54, 1.807) is 0 Å². The Morgan fingerprint density at radius 2 is 2.12 bits per heavy atom. The number of carbonyl (C=O) groups excluding carboxylic acids is 1. The number of hydrogen-bond acceptors (Lipinski definition) is 3. The molecule has 1 heterocycles. The number of nitrogens with two attached hydrogens (primary N) is 1. The zero-order valence-corrected chi connectivity index (χ0v) is 12.0. The number of nitrogens with one attached hydrogen (secondary N) is 1. The van der Waals surface area contributed by atoms with Crippen molar-refractivity contribution in [3.63, 3.8) is 0 Å². The van der Waals surface area contributed by atoms with Gasteiger partial charge >= 0.3 is 0 Å². The molecule has 0 fully saturated rings. The Morgan fingerprint density at radius 1 is 1.53 bits per heavy atom. The van der Waals surface area contributed by atoms with Gasteiger partial charge in [0.15, 0.2) is 0 Å². The first-order valence-corrected chi connectivity index (χ1v) is 7.01. The van der Waals surface area contributed by atoms with Crippen molar-refractivity contribution in [2.24, 2.45) is 5.73 Å². The lowest BCUT2D eigenvalue weighted by Gasteiger charge is -2.31. The first-order valence-electron chi connectivity index (χ1n) is 5.75. The minimum Gasteiger partial charge on any atom is -0.345 e. The maximum atomic E-state index is 12.1. The summed E-state index contributed by atoms with van der Waals surface area (Å²) in [6.45, 7) is 6.38. The molecule has 1 rings (SSSR count). The molecule has 0 aliphatic carbocycles. The lowest BCUT2D eigenvalue weighted by atomic mass is 9.93. The minimum atomic E-state index is -0.321. The number of carbonyl (C=O) groups is 1. The van der Waals surface area contributed by atoms with Crippen molar-refractivity contribution in [1.29, 1.82) is 0 Å². The second kappa shape index (κ2) is 5.85. The van der Waals surface area contributed by atoms with Gasteiger partial charge < -0.3 is 11.1 Å². The monoisotopic (exact) mass is 274 g/mol. The molecule has 0 aliphatic rings. The molecule has 0 atom stereocenters. The Morgan fingerprint density at radius 3 is 2.47 bits per heavy atom. The third-order valence-corrected chi connectivity index (χ3v) is 4.92. The van der Waals surface area contributed by atoms with Crippen LogP contribution in [0.5, 0.6) is 0 Å². The highest BCUT2D eigenvalue weighted by Crippen LogP contribution is 2.27. The van der Waals surface area contributed by atoms with Crippen LogP contribution < -0.4 is 11.1 Å². The largest absolute Gasteiger partial charge is 0.345 e. The fraction of sp³-hybridized carbons (Fsp3) is 0.583. The number of hydrogen-bond donors (Lipinski definition) is 2. The molecule has 1 aromatic rings. The lowest BCUT2D eigenvalue weighted by Crippen LogP contribution is -2.52. The molecule has 0 bridgehead atoms. The molecule has 0 saturated carbocycles. The SMILES string of the molecule is CCC(CC)(CN)NC(=O)c1scc(C)c1Cl. The molecule has 3 N–H and O–H groups in total. The summed E-state index contributed by atoms with van der Waals surface area (Å²) in [5.41, 5.74) is 6.37. The summed E-state index contributed by atoms with van der Waals surface area (Å²) in [4.78, 5) is 12.7. The van der Waals surface area contributed by atoms with E-state index >= 15 is 0 Å². The number of halogens is 1. The van der Waals surface area contributed by atoms with Crippen molar-refractivity contribution in [1.82, 2.24) is 5.32 Å². The summed E-state index contributed by atoms with van der Waals surface area (Å²) in [5, 5.41) is 5.45. The summed E-state index contributed by atoms with van der Waals surface area (Å²) >= 11 is 7.45. The summed E-state index contributed by atoms with van der Waals surface area (Å²) < 4.78 is 0. The van der Waals surface area contributed by atoms with Gasteiger partial charge in [-0.3, -0.25) is 4.79 Å². The third kappa shape index (κ3) is 3.00. The molecular weight excluding hydrogens is 256 g/mol. The van der Waals surface area contributed by atoms with E-state index in [-0.39, 0.29) is 11.4 Å². The zero-order chi connectivity index (χ0) is 13.1. The number of thiophene rings is 1. The third-order valence-electron chi connectivity index (χ3n) is 3.23. The summed E-state index contributed by atoms with van der Waals surface area (Å²) in [7, 11) is 0. The Labute approximate surface area is 111 Å². The van der Waals surface area contributed by atoms with Crippen LogP contribution in [0, 0.1) is 6.92 Å². The first kappa shape index (κ1) is 14.5. The topological polar surface area (TPSA) is 55.1 Å². The van der Waals surface area contributed by atoms with Gasteiger partial charge in [-0.25, -0.2) is 0 Å². The zero-order valence-electron chi connectivity index (χ0n) is 10.5. The minimum absolute atomic E-state index is 0.123. The molecule has 1 amide bonds. The van der Waals surface area contributed by atoms with Crippen LogP contribution >= 0.6 is 22.9 Å². The average molecular weight is 275 g/mol. The van der Waals surface area contributed by atoms with E-state index in [0.29, 0.717) is 16.4 Å². The highest BCUT2D eigenvalue weighted by molar-refractivity contribution is 7.13. The highest BCUT2D eigenvalue weighted by Gasteiger charge is 2.28. The quantitative estimate of drug-likeness (QED) is 0.867. The van der Waals surface area contributed by atoms with Gasteiger partial charge in [-0.1, -0.05) is 25.4 Å². The molecule has 0 saturated heterocycles. The van der Waals surface area contributed by atoms with E-state index in [1.165, 1.54) is 11.3 Å². The number of amides is 1. The molecule has 0 radical (unpaired) electrons. The van der Waals surface area contributed by atoms with Gasteiger partial charge in [0.05, 0.1) is 10.6 Å². The maximum absolute atomic E-state index is 12.1. The second-order valence-electron chi connectivity index (χ2n) is 4.21. The van der Waals surface area contributed by atoms with Gasteiger partial charge in [0.2, 0.25) is 0 Å². The van der Waals surface area contributed by atoms with E-state index < -0.39 is 0 Å². The highest BCUT2D eigenvalue weighted by atomic mass is 35.5. The van der Waals surface area contributed by atoms with E-state index in [2.05, 4.69) is 5.32 Å². The van der Waals surface area contributed by atoms with Gasteiger partial charge in [-0.15, -0.1) is 11.3 Å². The van der Waals surface area contributed by atoms with E-state index in [0.717, 1.165) is 18.4 Å². The van der Waals surface area contributed by atoms with Crippen LogP contribution in [-0.4, -0.2) is 18.0 Å². The van der Waals surface area contributed by atoms with Crippen molar-refractivity contribution in [2.75, 3.05) is 6.54 Å². The smallest absolute Gasteiger partial charge is 0.263 e. The summed E-state index contributed by atoms with van der Waals surface area (Å²) in [6, 6.07) is 0. The first-order chi connectivity index (χ1) is 7.99. The fourth-order valence-electron chi connectivity index (χ4n) is 1.65. The molecule has 0 aliphatic heterocycles. The molecule has 0 spiro atoms. The van der Waals surface area contributed by atoms with E-state index in [9.17, 15) is 4.79 Å². The van der Waals surface area contributed by atoms with Crippen LogP contribution in [0.1, 0.15) is 41.9 Å². The molecular formula is C12H19ClN2OS. The predicted molar refractivity (Wildman–Crippen MR) is 73.9 cm³/mol. The van der Waals surface area contributed by atoms with Crippen molar-refractivity contribution >= 4 is 28.8 Å². The van der Waals surface area contributed by atoms with Crippen LogP contribution in [0.2, 0.25) is 5.02 Å². The molecule has 0 aromatic carbocycles. The van der Waals surface area contributed by atoms with Gasteiger partial charge in [0.25, 0.3) is 5.91 Å². The van der Waals surface area contributed by atoms with Crippen LogP contribution in [-0.2, 0) is 0 Å². The normalized spacial score (nSPS) is 11.6. The second-order valence-corrected chi connectivity index (χ2v) is 5.47. The maximum Gasteiger partial charge on any atom is 0.263 e. The van der Waals surface area contributed by atoms with Crippen LogP contribution in [0.4, 0.5) is 0 Å². The standard InChI is InChI=1S/C12H19ClN2OS/c1-4-12(5-2,7-14)15-11(16)10-9(13)8(3)6-17-10/h6H,4-5,7,14H2,1-3H3,(H,15,16). The average Bonchev–Trinajstić information content (AvgIpc) is 2.67. The lowest BCUT2D eigenvalue weighted by molar-refractivity contribution is 0.0899. The van der Waals surface area contributed by atoms with Gasteiger partial charge in [0, 0.05) is 6.54 Å². The van der Waals surface area contributed by atoms with Crippen LogP contribution in [0.15, 0.2) is 5.38 Å². The molecule has 3 nitrogen and oxygen atoms in total. The Hall–Kier alpha value is -0.580. The van der Waals surface area contributed by atoms with Gasteiger partial charge in [0.1, 0.15) is 4.88 Å². The summed E-state index contributed by atoms with van der Waals surface area (Å²) in [6.07, 6.45) is 1.63. The Kier molecular flexibility index (Phi) is 4.98. The molecule has 0 unspecified atom stereocenters. The fourth-order valence-corrected chi connectivity index (χ4v) is 2.82. The van der Waals surface area contributed by atoms with Crippen molar-refractivity contribution in [2.45, 2.75) is 39.2 Å². The van der Waals surface area contributed by atoms with Gasteiger partial charge in [-0.05, 0) is 30.7 Å². The molecule has 5 heteroatoms. The number of aryl methyl sites for hydroxylation is 1. The molecule has 1 aromatic heterocycles. The van der Waals surface area contributed by atoms with Crippen molar-refractivity contribution < 1.29 is 4.79 Å². The molecule has 96 valence electrons. The van der Waals surface area contributed by atoms with Crippen LogP contribution in [0.3, 0.4) is 0 Å². The van der Waals surface area contributed by atoms with Crippen molar-refractivity contribution in [3.05, 3.63) is 20.8 Å². The Balaban J connectivity index is 2.88. The van der Waals surface area contributed by atoms with Crippen LogP contribution in [0.25, 0.3) is 0 Å².